The zero-order valence-electron chi connectivity index (χ0n) is 11.0. The summed E-state index contributed by atoms with van der Waals surface area (Å²) in [5.41, 5.74) is 0. The first kappa shape index (κ1) is 15.3. The normalized spacial score (nSPS) is 22.4. The van der Waals surface area contributed by atoms with Crippen molar-refractivity contribution in [1.82, 2.24) is 5.32 Å². The van der Waals surface area contributed by atoms with Gasteiger partial charge in [-0.25, -0.2) is 0 Å². The standard InChI is InChI=1S/C13H17ClN2O3S/c14-7-9-3-1-2-4-10(9)8-15-13(17)11-5-6-12(20-11)16(18)19/h5-6,9-10H,1-4,7-8H2,(H,15,17). The molecule has 5 nitrogen and oxygen atoms in total. The molecule has 1 fully saturated rings. The second-order valence-electron chi connectivity index (χ2n) is 5.06. The lowest BCUT2D eigenvalue weighted by Gasteiger charge is -2.30. The Balaban J connectivity index is 1.89. The maximum Gasteiger partial charge on any atom is 0.324 e. The van der Waals surface area contributed by atoms with Crippen LogP contribution in [0.2, 0.25) is 0 Å². The van der Waals surface area contributed by atoms with Gasteiger partial charge in [0.15, 0.2) is 0 Å². The van der Waals surface area contributed by atoms with Crippen molar-refractivity contribution in [2.24, 2.45) is 11.8 Å². The van der Waals surface area contributed by atoms with E-state index in [1.807, 2.05) is 0 Å². The highest BCUT2D eigenvalue weighted by Gasteiger charge is 2.25. The third-order valence-electron chi connectivity index (χ3n) is 3.79. The average molecular weight is 317 g/mol. The van der Waals surface area contributed by atoms with Crippen LogP contribution in [0.1, 0.15) is 35.4 Å². The van der Waals surface area contributed by atoms with Crippen molar-refractivity contribution in [2.45, 2.75) is 25.7 Å². The van der Waals surface area contributed by atoms with E-state index in [9.17, 15) is 14.9 Å². The molecule has 1 N–H and O–H groups in total. The zero-order chi connectivity index (χ0) is 14.5. The summed E-state index contributed by atoms with van der Waals surface area (Å²) in [4.78, 5) is 22.5. The van der Waals surface area contributed by atoms with Gasteiger partial charge in [0.25, 0.3) is 5.91 Å². The van der Waals surface area contributed by atoms with E-state index in [0.717, 1.165) is 24.2 Å². The van der Waals surface area contributed by atoms with Gasteiger partial charge < -0.3 is 5.32 Å². The number of nitrogens with zero attached hydrogens (tertiary/aromatic N) is 1. The number of nitro groups is 1. The van der Waals surface area contributed by atoms with Crippen LogP contribution in [0.3, 0.4) is 0 Å². The van der Waals surface area contributed by atoms with Gasteiger partial charge in [-0.1, -0.05) is 24.2 Å². The molecule has 20 heavy (non-hydrogen) atoms. The topological polar surface area (TPSA) is 72.2 Å². The van der Waals surface area contributed by atoms with Crippen LogP contribution in [-0.4, -0.2) is 23.3 Å². The van der Waals surface area contributed by atoms with Crippen LogP contribution in [-0.2, 0) is 0 Å². The summed E-state index contributed by atoms with van der Waals surface area (Å²) in [6, 6.07) is 2.86. The van der Waals surface area contributed by atoms with Gasteiger partial charge in [0, 0.05) is 18.5 Å². The molecule has 7 heteroatoms. The molecule has 1 heterocycles. The van der Waals surface area contributed by atoms with Gasteiger partial charge in [-0.2, -0.15) is 0 Å². The first-order valence-corrected chi connectivity index (χ1v) is 8.05. The summed E-state index contributed by atoms with van der Waals surface area (Å²) in [5.74, 6) is 1.27. The molecule has 0 aromatic carbocycles. The van der Waals surface area contributed by atoms with Crippen molar-refractivity contribution >= 4 is 33.8 Å². The lowest BCUT2D eigenvalue weighted by atomic mass is 9.80. The molecule has 2 rings (SSSR count). The fourth-order valence-electron chi connectivity index (χ4n) is 2.62. The molecule has 2 atom stereocenters. The van der Waals surface area contributed by atoms with E-state index in [1.165, 1.54) is 25.0 Å². The number of nitrogens with one attached hydrogen (secondary N) is 1. The minimum absolute atomic E-state index is 0.00792. The molecular weight excluding hydrogens is 300 g/mol. The number of amides is 1. The van der Waals surface area contributed by atoms with Crippen LogP contribution in [0.25, 0.3) is 0 Å². The molecule has 110 valence electrons. The molecule has 0 saturated heterocycles. The minimum atomic E-state index is -0.480. The van der Waals surface area contributed by atoms with E-state index in [2.05, 4.69) is 5.32 Å². The second-order valence-corrected chi connectivity index (χ2v) is 6.43. The van der Waals surface area contributed by atoms with E-state index >= 15 is 0 Å². The third kappa shape index (κ3) is 3.70. The maximum absolute atomic E-state index is 12.0. The summed E-state index contributed by atoms with van der Waals surface area (Å²) in [7, 11) is 0. The number of hydrogen-bond donors (Lipinski definition) is 1. The molecule has 1 aromatic heterocycles. The quantitative estimate of drug-likeness (QED) is 0.514. The van der Waals surface area contributed by atoms with Crippen LogP contribution in [0.4, 0.5) is 5.00 Å². The van der Waals surface area contributed by atoms with Gasteiger partial charge in [0.05, 0.1) is 9.80 Å². The summed E-state index contributed by atoms with van der Waals surface area (Å²) in [6.07, 6.45) is 4.59. The Bertz CT molecular complexity index is 492. The van der Waals surface area contributed by atoms with E-state index in [0.29, 0.717) is 29.1 Å². The molecule has 1 aromatic rings. The lowest BCUT2D eigenvalue weighted by Crippen LogP contribution is -2.34. The number of carbonyl (C=O) groups excluding carboxylic acids is 1. The van der Waals surface area contributed by atoms with Crippen molar-refractivity contribution < 1.29 is 9.72 Å². The number of carbonyl (C=O) groups is 1. The maximum atomic E-state index is 12.0. The number of halogens is 1. The predicted molar refractivity (Wildman–Crippen MR) is 79.5 cm³/mol. The van der Waals surface area contributed by atoms with Crippen molar-refractivity contribution in [3.05, 3.63) is 27.1 Å². The molecule has 0 aliphatic heterocycles. The molecular formula is C13H17ClN2O3S. The summed E-state index contributed by atoms with van der Waals surface area (Å²) >= 11 is 6.87. The highest BCUT2D eigenvalue weighted by molar-refractivity contribution is 7.17. The lowest BCUT2D eigenvalue weighted by molar-refractivity contribution is -0.380. The fourth-order valence-corrected chi connectivity index (χ4v) is 3.76. The van der Waals surface area contributed by atoms with Gasteiger partial charge in [0.1, 0.15) is 0 Å². The Morgan fingerprint density at radius 2 is 2.10 bits per heavy atom. The van der Waals surface area contributed by atoms with E-state index < -0.39 is 4.92 Å². The molecule has 0 radical (unpaired) electrons. The molecule has 1 saturated carbocycles. The molecule has 2 unspecified atom stereocenters. The Hall–Kier alpha value is -1.14. The van der Waals surface area contributed by atoms with Gasteiger partial charge in [0.2, 0.25) is 0 Å². The van der Waals surface area contributed by atoms with Crippen LogP contribution in [0.5, 0.6) is 0 Å². The van der Waals surface area contributed by atoms with Gasteiger partial charge in [-0.15, -0.1) is 11.6 Å². The van der Waals surface area contributed by atoms with E-state index in [4.69, 9.17) is 11.6 Å². The molecule has 0 bridgehead atoms. The number of hydrogen-bond acceptors (Lipinski definition) is 4. The summed E-state index contributed by atoms with van der Waals surface area (Å²) in [6.45, 7) is 0.599. The van der Waals surface area contributed by atoms with Crippen molar-refractivity contribution in [3.63, 3.8) is 0 Å². The van der Waals surface area contributed by atoms with Gasteiger partial charge in [-0.3, -0.25) is 14.9 Å². The highest BCUT2D eigenvalue weighted by Crippen LogP contribution is 2.30. The average Bonchev–Trinajstić information content (AvgIpc) is 2.95. The number of rotatable bonds is 5. The summed E-state index contributed by atoms with van der Waals surface area (Å²) in [5, 5.41) is 13.5. The Morgan fingerprint density at radius 3 is 2.70 bits per heavy atom. The SMILES string of the molecule is O=C(NCC1CCCCC1CCl)c1ccc([N+](=O)[O-])s1. The Kier molecular flexibility index (Phi) is 5.37. The molecule has 0 spiro atoms. The van der Waals surface area contributed by atoms with Crippen molar-refractivity contribution in [1.29, 1.82) is 0 Å². The number of alkyl halides is 1. The second kappa shape index (κ2) is 7.04. The number of thiophene rings is 1. The first-order chi connectivity index (χ1) is 9.61. The third-order valence-corrected chi connectivity index (χ3v) is 5.22. The van der Waals surface area contributed by atoms with Crippen LogP contribution in [0.15, 0.2) is 12.1 Å². The van der Waals surface area contributed by atoms with Gasteiger partial charge >= 0.3 is 5.00 Å². The smallest absolute Gasteiger partial charge is 0.324 e. The monoisotopic (exact) mass is 316 g/mol. The Morgan fingerprint density at radius 1 is 1.40 bits per heavy atom. The van der Waals surface area contributed by atoms with Crippen molar-refractivity contribution in [2.75, 3.05) is 12.4 Å². The summed E-state index contributed by atoms with van der Waals surface area (Å²) < 4.78 is 0. The Labute approximate surface area is 126 Å². The molecule has 1 aliphatic rings. The highest BCUT2D eigenvalue weighted by atomic mass is 35.5. The first-order valence-electron chi connectivity index (χ1n) is 6.70. The largest absolute Gasteiger partial charge is 0.351 e. The molecule has 1 aliphatic carbocycles. The molecule has 1 amide bonds. The minimum Gasteiger partial charge on any atom is -0.351 e. The van der Waals surface area contributed by atoms with Crippen LogP contribution in [0, 0.1) is 22.0 Å². The fraction of sp³-hybridized carbons (Fsp3) is 0.615. The van der Waals surface area contributed by atoms with Crippen LogP contribution < -0.4 is 5.32 Å². The van der Waals surface area contributed by atoms with Crippen LogP contribution >= 0.6 is 22.9 Å². The van der Waals surface area contributed by atoms with Crippen molar-refractivity contribution in [3.8, 4) is 0 Å². The van der Waals surface area contributed by atoms with E-state index in [-0.39, 0.29) is 10.9 Å². The zero-order valence-corrected chi connectivity index (χ0v) is 12.6. The predicted octanol–water partition coefficient (Wildman–Crippen LogP) is 3.43. The van der Waals surface area contributed by atoms with E-state index in [1.54, 1.807) is 0 Å². The van der Waals surface area contributed by atoms with Gasteiger partial charge in [-0.05, 0) is 30.7 Å².